The fourth-order valence-corrected chi connectivity index (χ4v) is 3.98. The molecule has 7 heteroatoms. The molecule has 0 spiro atoms. The Morgan fingerprint density at radius 3 is 2.59 bits per heavy atom. The zero-order valence-corrected chi connectivity index (χ0v) is 14.7. The summed E-state index contributed by atoms with van der Waals surface area (Å²) in [6.45, 7) is 1.28. The zero-order chi connectivity index (χ0) is 18.7. The highest BCUT2D eigenvalue weighted by molar-refractivity contribution is 6.09. The molecule has 0 radical (unpaired) electrons. The Kier molecular flexibility index (Phi) is 3.47. The van der Waals surface area contributed by atoms with Crippen LogP contribution in [-0.4, -0.2) is 40.1 Å². The number of hydrogen-bond acceptors (Lipinski definition) is 3. The predicted octanol–water partition coefficient (Wildman–Crippen LogP) is 3.61. The number of amides is 1. The van der Waals surface area contributed by atoms with Crippen molar-refractivity contribution in [3.8, 4) is 16.9 Å². The van der Waals surface area contributed by atoms with Crippen molar-refractivity contribution in [2.45, 2.75) is 25.4 Å². The van der Waals surface area contributed by atoms with Gasteiger partial charge < -0.3 is 14.2 Å². The summed E-state index contributed by atoms with van der Waals surface area (Å²) in [5.74, 6) is -2.15. The van der Waals surface area contributed by atoms with Crippen LogP contribution in [0.25, 0.3) is 22.2 Å². The molecule has 1 aliphatic carbocycles. The van der Waals surface area contributed by atoms with Crippen LogP contribution in [0.2, 0.25) is 0 Å². The minimum absolute atomic E-state index is 0.103. The van der Waals surface area contributed by atoms with E-state index in [4.69, 9.17) is 4.74 Å². The van der Waals surface area contributed by atoms with Gasteiger partial charge in [-0.05, 0) is 42.7 Å². The van der Waals surface area contributed by atoms with Crippen LogP contribution in [0, 0.1) is 11.6 Å². The van der Waals surface area contributed by atoms with E-state index in [2.05, 4.69) is 4.98 Å². The second-order valence-electron chi connectivity index (χ2n) is 6.95. The van der Waals surface area contributed by atoms with Gasteiger partial charge in [0.25, 0.3) is 5.91 Å². The fourth-order valence-electron chi connectivity index (χ4n) is 3.98. The van der Waals surface area contributed by atoms with E-state index in [9.17, 15) is 13.6 Å². The van der Waals surface area contributed by atoms with E-state index in [1.54, 1.807) is 12.3 Å². The SMILES string of the molecule is COc1c(F)cc(-c2c3n(c4cccnc24)CCN(C2CC2)C3=O)cc1F. The van der Waals surface area contributed by atoms with Crippen molar-refractivity contribution >= 4 is 16.9 Å². The highest BCUT2D eigenvalue weighted by Gasteiger charge is 2.39. The van der Waals surface area contributed by atoms with Crippen molar-refractivity contribution in [1.29, 1.82) is 0 Å². The maximum atomic E-state index is 14.4. The third kappa shape index (κ3) is 2.34. The number of fused-ring (bicyclic) bond motifs is 3. The number of ether oxygens (including phenoxy) is 1. The molecule has 2 aliphatic rings. The van der Waals surface area contributed by atoms with Crippen LogP contribution in [0.4, 0.5) is 8.78 Å². The molecule has 3 heterocycles. The number of pyridine rings is 1. The summed E-state index contributed by atoms with van der Waals surface area (Å²) in [5, 5.41) is 0. The van der Waals surface area contributed by atoms with Gasteiger partial charge in [-0.2, -0.15) is 0 Å². The number of aromatic nitrogens is 2. The Morgan fingerprint density at radius 1 is 1.19 bits per heavy atom. The molecule has 138 valence electrons. The van der Waals surface area contributed by atoms with E-state index < -0.39 is 17.4 Å². The molecule has 1 aliphatic heterocycles. The minimum Gasteiger partial charge on any atom is -0.491 e. The van der Waals surface area contributed by atoms with Gasteiger partial charge in [0, 0.05) is 30.9 Å². The standard InChI is InChI=1S/C20H17F2N3O2/c1-27-19-13(21)9-11(10-14(19)22)16-17-15(3-2-6-23-17)25-8-7-24(12-4-5-12)20(26)18(16)25/h2-3,6,9-10,12H,4-5,7-8H2,1H3. The molecule has 2 aromatic heterocycles. The third-order valence-corrected chi connectivity index (χ3v) is 5.33. The average Bonchev–Trinajstić information content (AvgIpc) is 3.43. The summed E-state index contributed by atoms with van der Waals surface area (Å²) in [5.41, 5.74) is 2.58. The average molecular weight is 369 g/mol. The normalized spacial score (nSPS) is 16.7. The molecule has 1 aromatic carbocycles. The summed E-state index contributed by atoms with van der Waals surface area (Å²) < 4.78 is 35.4. The highest BCUT2D eigenvalue weighted by Crippen LogP contribution is 2.40. The maximum Gasteiger partial charge on any atom is 0.271 e. The molecule has 0 atom stereocenters. The molecule has 0 N–H and O–H groups in total. The first-order valence-electron chi connectivity index (χ1n) is 8.91. The van der Waals surface area contributed by atoms with Crippen LogP contribution in [0.5, 0.6) is 5.75 Å². The van der Waals surface area contributed by atoms with Gasteiger partial charge in [-0.1, -0.05) is 0 Å². The number of carbonyl (C=O) groups is 1. The number of rotatable bonds is 3. The van der Waals surface area contributed by atoms with Gasteiger partial charge in [-0.25, -0.2) is 8.78 Å². The van der Waals surface area contributed by atoms with Gasteiger partial charge in [0.05, 0.1) is 18.1 Å². The van der Waals surface area contributed by atoms with Gasteiger partial charge in [0.1, 0.15) is 5.69 Å². The van der Waals surface area contributed by atoms with Gasteiger partial charge in [0.2, 0.25) is 0 Å². The third-order valence-electron chi connectivity index (χ3n) is 5.33. The minimum atomic E-state index is -0.807. The van der Waals surface area contributed by atoms with Gasteiger partial charge >= 0.3 is 0 Å². The molecule has 0 unspecified atom stereocenters. The lowest BCUT2D eigenvalue weighted by Crippen LogP contribution is -2.41. The summed E-state index contributed by atoms with van der Waals surface area (Å²) in [6.07, 6.45) is 3.63. The summed E-state index contributed by atoms with van der Waals surface area (Å²) in [4.78, 5) is 19.5. The van der Waals surface area contributed by atoms with Gasteiger partial charge in [-0.3, -0.25) is 9.78 Å². The molecule has 1 saturated carbocycles. The Morgan fingerprint density at radius 2 is 1.93 bits per heavy atom. The lowest BCUT2D eigenvalue weighted by Gasteiger charge is -2.29. The number of halogens is 2. The number of carbonyl (C=O) groups excluding carboxylic acids is 1. The first kappa shape index (κ1) is 16.2. The lowest BCUT2D eigenvalue weighted by molar-refractivity contribution is 0.0694. The Hall–Kier alpha value is -2.96. The zero-order valence-electron chi connectivity index (χ0n) is 14.7. The molecule has 0 saturated heterocycles. The summed E-state index contributed by atoms with van der Waals surface area (Å²) in [7, 11) is 1.22. The smallest absolute Gasteiger partial charge is 0.271 e. The monoisotopic (exact) mass is 369 g/mol. The Labute approximate surface area is 154 Å². The van der Waals surface area contributed by atoms with Crippen molar-refractivity contribution in [2.75, 3.05) is 13.7 Å². The molecular weight excluding hydrogens is 352 g/mol. The van der Waals surface area contributed by atoms with Crippen molar-refractivity contribution in [3.05, 3.63) is 47.8 Å². The van der Waals surface area contributed by atoms with Crippen molar-refractivity contribution in [1.82, 2.24) is 14.5 Å². The molecule has 27 heavy (non-hydrogen) atoms. The van der Waals surface area contributed by atoms with E-state index in [1.165, 1.54) is 19.2 Å². The van der Waals surface area contributed by atoms with Crippen LogP contribution in [0.3, 0.4) is 0 Å². The Bertz CT molecular complexity index is 1070. The molecule has 3 aromatic rings. The molecule has 5 nitrogen and oxygen atoms in total. The predicted molar refractivity (Wildman–Crippen MR) is 95.7 cm³/mol. The Balaban J connectivity index is 1.79. The topological polar surface area (TPSA) is 47.4 Å². The number of benzene rings is 1. The van der Waals surface area contributed by atoms with Gasteiger partial charge in [0.15, 0.2) is 17.4 Å². The molecular formula is C20H17F2N3O2. The van der Waals surface area contributed by atoms with Gasteiger partial charge in [-0.15, -0.1) is 0 Å². The summed E-state index contributed by atoms with van der Waals surface area (Å²) in [6, 6.07) is 6.36. The number of methoxy groups -OCH3 is 1. The van der Waals surface area contributed by atoms with Crippen molar-refractivity contribution in [2.24, 2.45) is 0 Å². The molecule has 1 amide bonds. The van der Waals surface area contributed by atoms with Crippen LogP contribution in [0.15, 0.2) is 30.5 Å². The highest BCUT2D eigenvalue weighted by atomic mass is 19.1. The first-order valence-corrected chi connectivity index (χ1v) is 8.91. The quantitative estimate of drug-likeness (QED) is 0.709. The maximum absolute atomic E-state index is 14.4. The summed E-state index contributed by atoms with van der Waals surface area (Å²) >= 11 is 0. The molecule has 5 rings (SSSR count). The molecule has 0 bridgehead atoms. The first-order chi connectivity index (χ1) is 13.1. The molecule has 1 fully saturated rings. The van der Waals surface area contributed by atoms with Crippen LogP contribution in [-0.2, 0) is 6.54 Å². The second kappa shape index (κ2) is 5.77. The van der Waals surface area contributed by atoms with E-state index in [0.717, 1.165) is 18.4 Å². The van der Waals surface area contributed by atoms with Crippen LogP contribution in [0.1, 0.15) is 23.3 Å². The van der Waals surface area contributed by atoms with Crippen molar-refractivity contribution in [3.63, 3.8) is 0 Å². The van der Waals surface area contributed by atoms with Crippen LogP contribution < -0.4 is 4.74 Å². The van der Waals surface area contributed by atoms with Crippen molar-refractivity contribution < 1.29 is 18.3 Å². The largest absolute Gasteiger partial charge is 0.491 e. The van der Waals surface area contributed by atoms with E-state index >= 15 is 0 Å². The second-order valence-corrected chi connectivity index (χ2v) is 6.95. The van der Waals surface area contributed by atoms with E-state index in [1.807, 2.05) is 15.5 Å². The van der Waals surface area contributed by atoms with Crippen LogP contribution >= 0.6 is 0 Å². The number of nitrogens with zero attached hydrogens (tertiary/aromatic N) is 3. The number of hydrogen-bond donors (Lipinski definition) is 0. The van der Waals surface area contributed by atoms with E-state index in [0.29, 0.717) is 29.9 Å². The fraction of sp³-hybridized carbons (Fsp3) is 0.300. The van der Waals surface area contributed by atoms with E-state index in [-0.39, 0.29) is 17.5 Å². The lowest BCUT2D eigenvalue weighted by atomic mass is 10.0.